The van der Waals surface area contributed by atoms with E-state index in [1.165, 1.54) is 0 Å². The number of anilines is 2. The summed E-state index contributed by atoms with van der Waals surface area (Å²) in [6.07, 6.45) is 0. The first-order valence-electron chi connectivity index (χ1n) is 6.48. The highest BCUT2D eigenvalue weighted by molar-refractivity contribution is 5.94. The Balaban J connectivity index is 0.00000121. The summed E-state index contributed by atoms with van der Waals surface area (Å²) in [7, 11) is 0. The van der Waals surface area contributed by atoms with Gasteiger partial charge in [-0.2, -0.15) is 0 Å². The third kappa shape index (κ3) is 4.72. The first kappa shape index (κ1) is 17.9. The van der Waals surface area contributed by atoms with Crippen LogP contribution in [0.5, 0.6) is 11.5 Å². The maximum atomic E-state index is 5.73. The van der Waals surface area contributed by atoms with E-state index in [1.54, 1.807) is 0 Å². The van der Waals surface area contributed by atoms with E-state index in [0.29, 0.717) is 0 Å². The number of benzene rings is 2. The molecule has 0 atom stereocenters. The molecule has 0 amide bonds. The number of aliphatic imine (C=N–C) groups is 1. The Morgan fingerprint density at radius 1 is 0.955 bits per heavy atom. The van der Waals surface area contributed by atoms with E-state index in [2.05, 4.69) is 15.6 Å². The molecule has 0 unspecified atom stereocenters. The fourth-order valence-corrected chi connectivity index (χ4v) is 1.90. The average Bonchev–Trinajstić information content (AvgIpc) is 2.96. The Labute approximate surface area is 141 Å². The number of hydrogen-bond donors (Lipinski definition) is 3. The van der Waals surface area contributed by atoms with Crippen LogP contribution in [0.2, 0.25) is 0 Å². The molecule has 5 nitrogen and oxygen atoms in total. The van der Waals surface area contributed by atoms with Crippen molar-refractivity contribution in [3.63, 3.8) is 0 Å². The smallest absolute Gasteiger partial charge is 0.195 e. The van der Waals surface area contributed by atoms with E-state index in [4.69, 9.17) is 10.5 Å². The number of guanidine groups is 1. The van der Waals surface area contributed by atoms with E-state index in [0.717, 1.165) is 41.9 Å². The van der Waals surface area contributed by atoms with Gasteiger partial charge in [0.05, 0.1) is 6.54 Å². The monoisotopic (exact) mass is 340 g/mol. The molecule has 1 aliphatic rings. The quantitative estimate of drug-likeness (QED) is 0.750. The summed E-state index contributed by atoms with van der Waals surface area (Å²) in [6, 6.07) is 15.0. The van der Waals surface area contributed by atoms with Crippen molar-refractivity contribution in [2.24, 2.45) is 4.99 Å². The molecular weight excluding hydrogens is 323 g/mol. The summed E-state index contributed by atoms with van der Waals surface area (Å²) in [6.45, 7) is 1.71. The summed E-state index contributed by atoms with van der Waals surface area (Å²) < 4.78 is 5.73. The number of rotatable bonds is 3. The lowest BCUT2D eigenvalue weighted by Gasteiger charge is -2.09. The Kier molecular flexibility index (Phi) is 6.82. The van der Waals surface area contributed by atoms with Gasteiger partial charge in [-0.1, -0.05) is 0 Å². The maximum Gasteiger partial charge on any atom is 0.195 e. The van der Waals surface area contributed by atoms with Crippen LogP contribution < -0.4 is 21.1 Å². The molecule has 2 aromatic carbocycles. The summed E-state index contributed by atoms with van der Waals surface area (Å²) >= 11 is 0. The van der Waals surface area contributed by atoms with E-state index in [9.17, 15) is 0 Å². The summed E-state index contributed by atoms with van der Waals surface area (Å²) in [5.74, 6) is 2.36. The van der Waals surface area contributed by atoms with Crippen molar-refractivity contribution in [1.82, 2.24) is 5.32 Å². The van der Waals surface area contributed by atoms with Crippen molar-refractivity contribution >= 4 is 42.1 Å². The largest absolute Gasteiger partial charge is 0.457 e. The number of ether oxygens (including phenoxy) is 1. The van der Waals surface area contributed by atoms with E-state index in [1.807, 2.05) is 48.5 Å². The second-order valence-electron chi connectivity index (χ2n) is 4.48. The average molecular weight is 341 g/mol. The van der Waals surface area contributed by atoms with Crippen molar-refractivity contribution in [3.05, 3.63) is 48.5 Å². The number of nitrogens with zero attached hydrogens (tertiary/aromatic N) is 1. The zero-order valence-corrected chi connectivity index (χ0v) is 13.4. The van der Waals surface area contributed by atoms with Gasteiger partial charge in [-0.15, -0.1) is 24.8 Å². The standard InChI is InChI=1S/C15H16N4O.2ClH/c16-11-1-5-13(6-2-11)20-14-7-3-12(4-8-14)19-15-17-9-10-18-15;;/h1-8H,9-10,16H2,(H2,17,18,19);2*1H. The molecule has 0 saturated carbocycles. The fraction of sp³-hybridized carbons (Fsp3) is 0.133. The van der Waals surface area contributed by atoms with Crippen LogP contribution in [0.4, 0.5) is 11.4 Å². The SMILES string of the molecule is Cl.Cl.Nc1ccc(Oc2ccc(NC3=NCCN3)cc2)cc1. The number of nitrogens with one attached hydrogen (secondary N) is 2. The van der Waals surface area contributed by atoms with Gasteiger partial charge in [0.2, 0.25) is 0 Å². The van der Waals surface area contributed by atoms with Crippen LogP contribution in [0.15, 0.2) is 53.5 Å². The highest BCUT2D eigenvalue weighted by atomic mass is 35.5. The molecule has 4 N–H and O–H groups in total. The molecule has 0 aliphatic carbocycles. The van der Waals surface area contributed by atoms with E-state index in [-0.39, 0.29) is 24.8 Å². The van der Waals surface area contributed by atoms with Gasteiger partial charge in [-0.05, 0) is 48.5 Å². The van der Waals surface area contributed by atoms with Crippen LogP contribution in [0.3, 0.4) is 0 Å². The highest BCUT2D eigenvalue weighted by Crippen LogP contribution is 2.23. The molecule has 22 heavy (non-hydrogen) atoms. The number of hydrogen-bond acceptors (Lipinski definition) is 5. The van der Waals surface area contributed by atoms with E-state index < -0.39 is 0 Å². The zero-order chi connectivity index (χ0) is 13.8. The van der Waals surface area contributed by atoms with Gasteiger partial charge >= 0.3 is 0 Å². The number of nitrogens with two attached hydrogens (primary N) is 1. The zero-order valence-electron chi connectivity index (χ0n) is 11.8. The lowest BCUT2D eigenvalue weighted by atomic mass is 10.3. The molecule has 0 spiro atoms. The number of halogens is 2. The van der Waals surface area contributed by atoms with Crippen molar-refractivity contribution in [2.75, 3.05) is 24.1 Å². The molecule has 118 valence electrons. The van der Waals surface area contributed by atoms with Gasteiger partial charge in [0.15, 0.2) is 5.96 Å². The summed E-state index contributed by atoms with van der Waals surface area (Å²) in [4.78, 5) is 4.28. The first-order chi connectivity index (χ1) is 9.79. The van der Waals surface area contributed by atoms with Crippen LogP contribution in [0.25, 0.3) is 0 Å². The molecule has 2 aromatic rings. The minimum Gasteiger partial charge on any atom is -0.457 e. The maximum absolute atomic E-state index is 5.73. The Hall–Kier alpha value is -2.11. The van der Waals surface area contributed by atoms with Gasteiger partial charge in [0.1, 0.15) is 11.5 Å². The molecule has 0 saturated heterocycles. The van der Waals surface area contributed by atoms with E-state index >= 15 is 0 Å². The van der Waals surface area contributed by atoms with Gasteiger partial charge in [-0.25, -0.2) is 0 Å². The lowest BCUT2D eigenvalue weighted by molar-refractivity contribution is 0.483. The van der Waals surface area contributed by atoms with Crippen LogP contribution >= 0.6 is 24.8 Å². The Morgan fingerprint density at radius 2 is 1.55 bits per heavy atom. The molecule has 0 radical (unpaired) electrons. The Morgan fingerprint density at radius 3 is 2.09 bits per heavy atom. The van der Waals surface area contributed by atoms with Crippen molar-refractivity contribution in [3.8, 4) is 11.5 Å². The molecule has 1 heterocycles. The van der Waals surface area contributed by atoms with Crippen molar-refractivity contribution in [1.29, 1.82) is 0 Å². The van der Waals surface area contributed by atoms with Gasteiger partial charge < -0.3 is 21.1 Å². The molecular formula is C15H18Cl2N4O. The van der Waals surface area contributed by atoms with Crippen LogP contribution in [-0.2, 0) is 0 Å². The molecule has 0 fully saturated rings. The van der Waals surface area contributed by atoms with Gasteiger partial charge in [0, 0.05) is 17.9 Å². The first-order valence-corrected chi connectivity index (χ1v) is 6.48. The third-order valence-electron chi connectivity index (χ3n) is 2.91. The molecule has 3 rings (SSSR count). The predicted molar refractivity (Wildman–Crippen MR) is 95.8 cm³/mol. The third-order valence-corrected chi connectivity index (χ3v) is 2.91. The number of nitrogen functional groups attached to an aromatic ring is 1. The predicted octanol–water partition coefficient (Wildman–Crippen LogP) is 3.28. The van der Waals surface area contributed by atoms with Crippen LogP contribution in [0.1, 0.15) is 0 Å². The topological polar surface area (TPSA) is 71.7 Å². The van der Waals surface area contributed by atoms with Crippen LogP contribution in [0, 0.1) is 0 Å². The minimum absolute atomic E-state index is 0. The molecule has 1 aliphatic heterocycles. The normalized spacial score (nSPS) is 12.3. The fourth-order valence-electron chi connectivity index (χ4n) is 1.90. The van der Waals surface area contributed by atoms with Gasteiger partial charge in [-0.3, -0.25) is 4.99 Å². The second kappa shape index (κ2) is 8.36. The minimum atomic E-state index is 0. The molecule has 0 bridgehead atoms. The van der Waals surface area contributed by atoms with Crippen molar-refractivity contribution in [2.45, 2.75) is 0 Å². The van der Waals surface area contributed by atoms with Gasteiger partial charge in [0.25, 0.3) is 0 Å². The Bertz CT molecular complexity index is 614. The van der Waals surface area contributed by atoms with Crippen molar-refractivity contribution < 1.29 is 4.74 Å². The summed E-state index contributed by atoms with van der Waals surface area (Å²) in [5, 5.41) is 6.37. The second-order valence-corrected chi connectivity index (χ2v) is 4.48. The highest BCUT2D eigenvalue weighted by Gasteiger charge is 2.04. The molecule has 0 aromatic heterocycles. The van der Waals surface area contributed by atoms with Crippen LogP contribution in [-0.4, -0.2) is 19.0 Å². The summed E-state index contributed by atoms with van der Waals surface area (Å²) in [5.41, 5.74) is 7.34. The lowest BCUT2D eigenvalue weighted by Crippen LogP contribution is -2.26. The molecule has 7 heteroatoms.